The molecule has 2 aromatic rings. The van der Waals surface area contributed by atoms with Crippen LogP contribution in [0.4, 0.5) is 13.2 Å². The van der Waals surface area contributed by atoms with Gasteiger partial charge in [0.2, 0.25) is 11.7 Å². The summed E-state index contributed by atoms with van der Waals surface area (Å²) in [5, 5.41) is 3.08. The Balaban J connectivity index is 2.02. The molecule has 1 N–H and O–H groups in total. The van der Waals surface area contributed by atoms with Crippen LogP contribution >= 0.6 is 11.8 Å². The molecule has 1 unspecified atom stereocenters. The molecule has 0 saturated carbocycles. The van der Waals surface area contributed by atoms with Crippen LogP contribution in [-0.4, -0.2) is 27.7 Å². The summed E-state index contributed by atoms with van der Waals surface area (Å²) in [7, 11) is 0. The first-order chi connectivity index (χ1) is 10.9. The van der Waals surface area contributed by atoms with Crippen LogP contribution in [0.25, 0.3) is 10.9 Å². The van der Waals surface area contributed by atoms with Crippen LogP contribution in [-0.2, 0) is 11.0 Å². The summed E-state index contributed by atoms with van der Waals surface area (Å²) in [4.78, 5) is 19.3. The molecule has 3 rings (SSSR count). The van der Waals surface area contributed by atoms with Crippen molar-refractivity contribution in [1.29, 1.82) is 0 Å². The Morgan fingerprint density at radius 1 is 1.17 bits per heavy atom. The number of benzene rings is 1. The van der Waals surface area contributed by atoms with Crippen LogP contribution in [0.3, 0.4) is 0 Å². The van der Waals surface area contributed by atoms with Gasteiger partial charge < -0.3 is 5.32 Å². The van der Waals surface area contributed by atoms with E-state index in [9.17, 15) is 18.0 Å². The average molecular weight is 341 g/mol. The second-order valence-corrected chi connectivity index (χ2v) is 6.45. The van der Waals surface area contributed by atoms with E-state index in [-0.39, 0.29) is 16.4 Å². The molecular weight excluding hydrogens is 327 g/mol. The topological polar surface area (TPSA) is 54.9 Å². The van der Waals surface area contributed by atoms with Crippen molar-refractivity contribution in [1.82, 2.24) is 15.3 Å². The van der Waals surface area contributed by atoms with Gasteiger partial charge in [-0.25, -0.2) is 9.97 Å². The van der Waals surface area contributed by atoms with Crippen LogP contribution in [0.2, 0.25) is 0 Å². The zero-order valence-corrected chi connectivity index (χ0v) is 12.9. The number of fused-ring (bicyclic) bond motifs is 1. The van der Waals surface area contributed by atoms with Gasteiger partial charge in [0.25, 0.3) is 0 Å². The van der Waals surface area contributed by atoms with Gasteiger partial charge >= 0.3 is 6.18 Å². The number of nitrogens with one attached hydrogen (secondary N) is 1. The largest absolute Gasteiger partial charge is 0.451 e. The summed E-state index contributed by atoms with van der Waals surface area (Å²) in [6.07, 6.45) is -2.27. The minimum atomic E-state index is -4.62. The van der Waals surface area contributed by atoms with Gasteiger partial charge in [-0.1, -0.05) is 36.4 Å². The zero-order chi connectivity index (χ0) is 16.4. The Bertz CT molecular complexity index is 735. The molecule has 4 nitrogen and oxygen atoms in total. The molecule has 0 aliphatic carbocycles. The zero-order valence-electron chi connectivity index (χ0n) is 12.1. The maximum absolute atomic E-state index is 13.0. The number of halogens is 3. The third-order valence-electron chi connectivity index (χ3n) is 3.56. The molecule has 23 heavy (non-hydrogen) atoms. The van der Waals surface area contributed by atoms with Crippen molar-refractivity contribution in [3.8, 4) is 0 Å². The molecule has 1 aliphatic rings. The number of para-hydroxylation sites is 1. The Hall–Kier alpha value is -1.83. The summed E-state index contributed by atoms with van der Waals surface area (Å²) in [6, 6.07) is 6.54. The smallest absolute Gasteiger partial charge is 0.355 e. The number of amides is 1. The third-order valence-corrected chi connectivity index (χ3v) is 4.83. The number of thioether (sulfide) groups is 1. The van der Waals surface area contributed by atoms with Crippen LogP contribution in [0.1, 0.15) is 25.1 Å². The van der Waals surface area contributed by atoms with Gasteiger partial charge in [0.05, 0.1) is 10.8 Å². The summed E-state index contributed by atoms with van der Waals surface area (Å²) in [5.74, 6) is -1.32. The lowest BCUT2D eigenvalue weighted by molar-refractivity contribution is -0.145. The molecule has 1 saturated heterocycles. The van der Waals surface area contributed by atoms with Gasteiger partial charge in [0.15, 0.2) is 0 Å². The minimum Gasteiger partial charge on any atom is -0.355 e. The fourth-order valence-electron chi connectivity index (χ4n) is 2.42. The molecule has 1 atom stereocenters. The molecule has 8 heteroatoms. The highest BCUT2D eigenvalue weighted by molar-refractivity contribution is 8.00. The maximum Gasteiger partial charge on any atom is 0.451 e. The molecular formula is C15H14F3N3OS. The van der Waals surface area contributed by atoms with Crippen LogP contribution < -0.4 is 5.32 Å². The van der Waals surface area contributed by atoms with Crippen molar-refractivity contribution in [3.05, 3.63) is 30.1 Å². The van der Waals surface area contributed by atoms with Crippen molar-refractivity contribution in [2.75, 3.05) is 6.54 Å². The van der Waals surface area contributed by atoms with Crippen LogP contribution in [0.15, 0.2) is 29.3 Å². The van der Waals surface area contributed by atoms with Gasteiger partial charge in [-0.3, -0.25) is 4.79 Å². The predicted molar refractivity (Wildman–Crippen MR) is 81.0 cm³/mol. The molecule has 0 spiro atoms. The number of hydrogen-bond donors (Lipinski definition) is 1. The fourth-order valence-corrected chi connectivity index (χ4v) is 3.61. The predicted octanol–water partition coefficient (Wildman–Crippen LogP) is 3.41. The van der Waals surface area contributed by atoms with Crippen molar-refractivity contribution in [3.63, 3.8) is 0 Å². The van der Waals surface area contributed by atoms with Crippen molar-refractivity contribution in [2.45, 2.75) is 35.7 Å². The van der Waals surface area contributed by atoms with Crippen molar-refractivity contribution < 1.29 is 18.0 Å². The fraction of sp³-hybridized carbons (Fsp3) is 0.400. The first-order valence-electron chi connectivity index (χ1n) is 7.23. The second-order valence-electron chi connectivity index (χ2n) is 5.26. The SMILES string of the molecule is O=C1NCCCCC1Sc1nc(C(F)(F)F)nc2ccccc12. The van der Waals surface area contributed by atoms with Gasteiger partial charge in [0.1, 0.15) is 5.03 Å². The highest BCUT2D eigenvalue weighted by Crippen LogP contribution is 2.35. The van der Waals surface area contributed by atoms with E-state index in [1.807, 2.05) is 0 Å². The number of carbonyl (C=O) groups excluding carboxylic acids is 1. The molecule has 1 fully saturated rings. The lowest BCUT2D eigenvalue weighted by Crippen LogP contribution is -2.30. The summed E-state index contributed by atoms with van der Waals surface area (Å²) in [6.45, 7) is 0.605. The lowest BCUT2D eigenvalue weighted by Gasteiger charge is -2.15. The third kappa shape index (κ3) is 3.57. The average Bonchev–Trinajstić information content (AvgIpc) is 2.71. The standard InChI is InChI=1S/C15H14F3N3OS/c16-15(17,18)14-20-10-6-2-1-5-9(10)13(21-14)23-11-7-3-4-8-19-12(11)22/h1-2,5-6,11H,3-4,7-8H2,(H,19,22). The van der Waals surface area contributed by atoms with Crippen LogP contribution in [0.5, 0.6) is 0 Å². The first kappa shape index (κ1) is 16.0. The highest BCUT2D eigenvalue weighted by atomic mass is 32.2. The second kappa shape index (κ2) is 6.35. The highest BCUT2D eigenvalue weighted by Gasteiger charge is 2.36. The minimum absolute atomic E-state index is 0.149. The van der Waals surface area contributed by atoms with Crippen molar-refractivity contribution in [2.24, 2.45) is 0 Å². The van der Waals surface area contributed by atoms with Gasteiger partial charge in [-0.05, 0) is 18.9 Å². The molecule has 1 aromatic heterocycles. The monoisotopic (exact) mass is 341 g/mol. The normalized spacial score (nSPS) is 19.4. The number of carbonyl (C=O) groups is 1. The molecule has 0 radical (unpaired) electrons. The number of alkyl halides is 3. The van der Waals surface area contributed by atoms with Gasteiger partial charge in [-0.15, -0.1) is 0 Å². The number of rotatable bonds is 2. The van der Waals surface area contributed by atoms with E-state index in [0.717, 1.165) is 24.6 Å². The number of aromatic nitrogens is 2. The van der Waals surface area contributed by atoms with Crippen LogP contribution in [0, 0.1) is 0 Å². The Labute approximate surface area is 134 Å². The first-order valence-corrected chi connectivity index (χ1v) is 8.11. The van der Waals surface area contributed by atoms with E-state index in [1.54, 1.807) is 18.2 Å². The lowest BCUT2D eigenvalue weighted by atomic mass is 10.2. The van der Waals surface area contributed by atoms with Crippen molar-refractivity contribution >= 4 is 28.6 Å². The van der Waals surface area contributed by atoms with E-state index < -0.39 is 17.3 Å². The van der Waals surface area contributed by atoms with E-state index in [0.29, 0.717) is 18.4 Å². The molecule has 122 valence electrons. The molecule has 1 aromatic carbocycles. The number of hydrogen-bond acceptors (Lipinski definition) is 4. The van der Waals surface area contributed by atoms with E-state index >= 15 is 0 Å². The van der Waals surface area contributed by atoms with E-state index in [4.69, 9.17) is 0 Å². The Morgan fingerprint density at radius 2 is 1.96 bits per heavy atom. The van der Waals surface area contributed by atoms with E-state index in [2.05, 4.69) is 15.3 Å². The van der Waals surface area contributed by atoms with Gasteiger partial charge in [-0.2, -0.15) is 13.2 Å². The Kier molecular flexibility index (Phi) is 4.43. The summed E-state index contributed by atoms with van der Waals surface area (Å²) in [5.41, 5.74) is 0.228. The van der Waals surface area contributed by atoms with E-state index in [1.165, 1.54) is 6.07 Å². The molecule has 1 amide bonds. The molecule has 1 aliphatic heterocycles. The molecule has 0 bridgehead atoms. The maximum atomic E-state index is 13.0. The Morgan fingerprint density at radius 3 is 2.74 bits per heavy atom. The quantitative estimate of drug-likeness (QED) is 0.851. The van der Waals surface area contributed by atoms with Gasteiger partial charge in [0, 0.05) is 11.9 Å². The summed E-state index contributed by atoms with van der Waals surface area (Å²) >= 11 is 1.08. The molecule has 2 heterocycles. The number of nitrogens with zero attached hydrogens (tertiary/aromatic N) is 2. The summed E-state index contributed by atoms with van der Waals surface area (Å²) < 4.78 is 39.0.